The molecule has 0 saturated carbocycles. The maximum absolute atomic E-state index is 12.6. The van der Waals surface area contributed by atoms with Gasteiger partial charge < -0.3 is 10.1 Å². The second-order valence-electron chi connectivity index (χ2n) is 6.98. The van der Waals surface area contributed by atoms with Gasteiger partial charge in [-0.3, -0.25) is 9.69 Å². The van der Waals surface area contributed by atoms with E-state index in [0.717, 1.165) is 25.9 Å². The number of piperidine rings is 1. The van der Waals surface area contributed by atoms with Gasteiger partial charge in [-0.05, 0) is 37.1 Å². The second kappa shape index (κ2) is 9.10. The van der Waals surface area contributed by atoms with Gasteiger partial charge in [0.2, 0.25) is 5.91 Å². The standard InChI is InChI=1S/C21H23F3N2O2/c22-21(23,24)15-28-19-10-4-9-18(12-19)25-20(27)17-8-5-11-26(14-17)13-16-6-2-1-3-7-16/h1-4,6-7,9-10,12,17H,5,8,11,13-15H2,(H,25,27). The highest BCUT2D eigenvalue weighted by atomic mass is 19.4. The zero-order valence-electron chi connectivity index (χ0n) is 15.4. The predicted molar refractivity (Wildman–Crippen MR) is 101 cm³/mol. The summed E-state index contributed by atoms with van der Waals surface area (Å²) in [5.74, 6) is -0.201. The van der Waals surface area contributed by atoms with E-state index in [1.165, 1.54) is 17.7 Å². The lowest BCUT2D eigenvalue weighted by Gasteiger charge is -2.32. The third kappa shape index (κ3) is 6.27. The van der Waals surface area contributed by atoms with Crippen LogP contribution in [0.1, 0.15) is 18.4 Å². The van der Waals surface area contributed by atoms with Gasteiger partial charge in [0.15, 0.2) is 6.61 Å². The lowest BCUT2D eigenvalue weighted by molar-refractivity contribution is -0.153. The number of halogens is 3. The molecule has 1 unspecified atom stereocenters. The Morgan fingerprint density at radius 1 is 1.14 bits per heavy atom. The Balaban J connectivity index is 1.55. The number of carbonyl (C=O) groups excluding carboxylic acids is 1. The molecule has 3 rings (SSSR count). The number of carbonyl (C=O) groups is 1. The number of hydrogen-bond acceptors (Lipinski definition) is 3. The molecule has 0 aliphatic carbocycles. The number of nitrogens with zero attached hydrogens (tertiary/aromatic N) is 1. The van der Waals surface area contributed by atoms with E-state index in [1.807, 2.05) is 18.2 Å². The van der Waals surface area contributed by atoms with E-state index in [1.54, 1.807) is 12.1 Å². The first-order chi connectivity index (χ1) is 13.4. The molecule has 0 radical (unpaired) electrons. The summed E-state index contributed by atoms with van der Waals surface area (Å²) in [5.41, 5.74) is 1.64. The van der Waals surface area contributed by atoms with Crippen molar-refractivity contribution in [2.24, 2.45) is 5.92 Å². The van der Waals surface area contributed by atoms with E-state index >= 15 is 0 Å². The van der Waals surface area contributed by atoms with Crippen LogP contribution in [0.15, 0.2) is 54.6 Å². The Morgan fingerprint density at radius 2 is 1.93 bits per heavy atom. The maximum Gasteiger partial charge on any atom is 0.422 e. The monoisotopic (exact) mass is 392 g/mol. The molecule has 2 aromatic carbocycles. The van der Waals surface area contributed by atoms with Crippen molar-refractivity contribution in [3.05, 3.63) is 60.2 Å². The number of nitrogens with one attached hydrogen (secondary N) is 1. The number of amides is 1. The predicted octanol–water partition coefficient (Wildman–Crippen LogP) is 4.48. The number of benzene rings is 2. The molecule has 0 spiro atoms. The van der Waals surface area contributed by atoms with E-state index < -0.39 is 12.8 Å². The number of alkyl halides is 3. The summed E-state index contributed by atoms with van der Waals surface area (Å²) in [6, 6.07) is 16.1. The van der Waals surface area contributed by atoms with Crippen LogP contribution in [0.25, 0.3) is 0 Å². The minimum atomic E-state index is -4.40. The van der Waals surface area contributed by atoms with E-state index in [0.29, 0.717) is 12.2 Å². The van der Waals surface area contributed by atoms with Crippen LogP contribution >= 0.6 is 0 Å². The van der Waals surface area contributed by atoms with Crippen LogP contribution in [0.2, 0.25) is 0 Å². The first-order valence-electron chi connectivity index (χ1n) is 9.26. The molecule has 7 heteroatoms. The normalized spacial score (nSPS) is 17.9. The third-order valence-electron chi connectivity index (χ3n) is 4.63. The van der Waals surface area contributed by atoms with Crippen molar-refractivity contribution in [2.75, 3.05) is 25.0 Å². The molecule has 1 N–H and O–H groups in total. The summed E-state index contributed by atoms with van der Waals surface area (Å²) in [5, 5.41) is 2.81. The van der Waals surface area contributed by atoms with Crippen molar-refractivity contribution in [1.29, 1.82) is 0 Å². The lowest BCUT2D eigenvalue weighted by atomic mass is 9.96. The van der Waals surface area contributed by atoms with E-state index in [9.17, 15) is 18.0 Å². The molecule has 1 aliphatic rings. The average molecular weight is 392 g/mol. The molecule has 0 aromatic heterocycles. The van der Waals surface area contributed by atoms with Crippen LogP contribution < -0.4 is 10.1 Å². The van der Waals surface area contributed by atoms with E-state index in [-0.39, 0.29) is 17.6 Å². The van der Waals surface area contributed by atoms with Crippen LogP contribution in [0.4, 0.5) is 18.9 Å². The number of rotatable bonds is 6. The first-order valence-corrected chi connectivity index (χ1v) is 9.26. The highest BCUT2D eigenvalue weighted by Gasteiger charge is 2.29. The molecule has 150 valence electrons. The molecule has 0 bridgehead atoms. The molecule has 1 fully saturated rings. The molecule has 28 heavy (non-hydrogen) atoms. The van der Waals surface area contributed by atoms with Gasteiger partial charge in [0.1, 0.15) is 5.75 Å². The molecule has 1 saturated heterocycles. The van der Waals surface area contributed by atoms with Crippen molar-refractivity contribution >= 4 is 11.6 Å². The Hall–Kier alpha value is -2.54. The zero-order valence-corrected chi connectivity index (χ0v) is 15.4. The summed E-state index contributed by atoms with van der Waals surface area (Å²) in [6.07, 6.45) is -2.68. The Kier molecular flexibility index (Phi) is 6.57. The quantitative estimate of drug-likeness (QED) is 0.788. The fourth-order valence-electron chi connectivity index (χ4n) is 3.33. The zero-order chi connectivity index (χ0) is 20.0. The van der Waals surface area contributed by atoms with Crippen LogP contribution in [0.3, 0.4) is 0 Å². The van der Waals surface area contributed by atoms with Gasteiger partial charge in [0.05, 0.1) is 5.92 Å². The number of anilines is 1. The highest BCUT2D eigenvalue weighted by molar-refractivity contribution is 5.92. The fourth-order valence-corrected chi connectivity index (χ4v) is 3.33. The number of ether oxygens (including phenoxy) is 1. The summed E-state index contributed by atoms with van der Waals surface area (Å²) < 4.78 is 41.6. The topological polar surface area (TPSA) is 41.6 Å². The maximum atomic E-state index is 12.6. The summed E-state index contributed by atoms with van der Waals surface area (Å²) in [4.78, 5) is 14.9. The largest absolute Gasteiger partial charge is 0.484 e. The second-order valence-corrected chi connectivity index (χ2v) is 6.98. The molecule has 1 aliphatic heterocycles. The van der Waals surface area contributed by atoms with Gasteiger partial charge in [-0.2, -0.15) is 13.2 Å². The Labute approximate surface area is 162 Å². The van der Waals surface area contributed by atoms with Crippen molar-refractivity contribution < 1.29 is 22.7 Å². The summed E-state index contributed by atoms with van der Waals surface area (Å²) in [7, 11) is 0. The smallest absolute Gasteiger partial charge is 0.422 e. The third-order valence-corrected chi connectivity index (χ3v) is 4.63. The van der Waals surface area contributed by atoms with Crippen LogP contribution in [0.5, 0.6) is 5.75 Å². The fraction of sp³-hybridized carbons (Fsp3) is 0.381. The summed E-state index contributed by atoms with van der Waals surface area (Å²) in [6.45, 7) is 1.04. The van der Waals surface area contributed by atoms with Gasteiger partial charge in [0.25, 0.3) is 0 Å². The van der Waals surface area contributed by atoms with Crippen molar-refractivity contribution in [3.63, 3.8) is 0 Å². The van der Waals surface area contributed by atoms with Gasteiger partial charge in [0, 0.05) is 24.8 Å². The number of hydrogen-bond donors (Lipinski definition) is 1. The van der Waals surface area contributed by atoms with E-state index in [2.05, 4.69) is 22.3 Å². The number of likely N-dealkylation sites (tertiary alicyclic amines) is 1. The first kappa shape index (κ1) is 20.2. The molecular weight excluding hydrogens is 369 g/mol. The average Bonchev–Trinajstić information content (AvgIpc) is 2.67. The Morgan fingerprint density at radius 3 is 2.68 bits per heavy atom. The lowest BCUT2D eigenvalue weighted by Crippen LogP contribution is -2.40. The van der Waals surface area contributed by atoms with Crippen LogP contribution in [-0.4, -0.2) is 36.7 Å². The molecule has 1 atom stereocenters. The van der Waals surface area contributed by atoms with Crippen molar-refractivity contribution in [1.82, 2.24) is 4.90 Å². The van der Waals surface area contributed by atoms with Gasteiger partial charge in [-0.15, -0.1) is 0 Å². The van der Waals surface area contributed by atoms with Crippen LogP contribution in [0, 0.1) is 5.92 Å². The van der Waals surface area contributed by atoms with E-state index in [4.69, 9.17) is 4.74 Å². The molecule has 1 heterocycles. The minimum absolute atomic E-state index is 0.0736. The van der Waals surface area contributed by atoms with Crippen molar-refractivity contribution in [3.8, 4) is 5.75 Å². The van der Waals surface area contributed by atoms with Crippen LogP contribution in [-0.2, 0) is 11.3 Å². The van der Waals surface area contributed by atoms with Gasteiger partial charge in [-0.25, -0.2) is 0 Å². The van der Waals surface area contributed by atoms with Gasteiger partial charge >= 0.3 is 6.18 Å². The molecule has 2 aromatic rings. The highest BCUT2D eigenvalue weighted by Crippen LogP contribution is 2.24. The molecular formula is C21H23F3N2O2. The molecule has 4 nitrogen and oxygen atoms in total. The van der Waals surface area contributed by atoms with Gasteiger partial charge in [-0.1, -0.05) is 36.4 Å². The van der Waals surface area contributed by atoms with Crippen molar-refractivity contribution in [2.45, 2.75) is 25.6 Å². The molecule has 1 amide bonds. The minimum Gasteiger partial charge on any atom is -0.484 e. The summed E-state index contributed by atoms with van der Waals surface area (Å²) >= 11 is 0. The Bertz CT molecular complexity index is 781. The SMILES string of the molecule is O=C(Nc1cccc(OCC(F)(F)F)c1)C1CCCN(Cc2ccccc2)C1.